The molecule has 2 aromatic rings. The second-order valence-corrected chi connectivity index (χ2v) is 9.59. The third kappa shape index (κ3) is 3.75. The van der Waals surface area contributed by atoms with Crippen molar-refractivity contribution in [2.45, 2.75) is 10.5 Å². The van der Waals surface area contributed by atoms with Crippen LogP contribution in [-0.2, 0) is 14.9 Å². The lowest BCUT2D eigenvalue weighted by Gasteiger charge is -2.23. The van der Waals surface area contributed by atoms with Crippen molar-refractivity contribution in [2.24, 2.45) is 5.92 Å². The summed E-state index contributed by atoms with van der Waals surface area (Å²) in [6, 6.07) is 12.9. The summed E-state index contributed by atoms with van der Waals surface area (Å²) < 4.78 is 34.0. The van der Waals surface area contributed by atoms with Gasteiger partial charge in [-0.05, 0) is 40.0 Å². The highest BCUT2D eigenvalue weighted by molar-refractivity contribution is 8.03. The zero-order valence-corrected chi connectivity index (χ0v) is 16.8. The maximum Gasteiger partial charge on any atom is 0.280 e. The number of carbonyl (C=O) groups excluding carboxylic acids is 1. The van der Waals surface area contributed by atoms with Gasteiger partial charge >= 0.3 is 0 Å². The Morgan fingerprint density at radius 2 is 1.93 bits per heavy atom. The number of amides is 1. The van der Waals surface area contributed by atoms with Gasteiger partial charge in [0.25, 0.3) is 10.1 Å². The molecule has 5 nitrogen and oxygen atoms in total. The van der Waals surface area contributed by atoms with Crippen LogP contribution in [0.3, 0.4) is 0 Å². The van der Waals surface area contributed by atoms with Gasteiger partial charge in [-0.1, -0.05) is 54.1 Å². The Morgan fingerprint density at radius 1 is 1.18 bits per heavy atom. The fourth-order valence-electron chi connectivity index (χ4n) is 3.45. The minimum absolute atomic E-state index is 0.0461. The number of halogens is 1. The summed E-state index contributed by atoms with van der Waals surface area (Å²) in [6.45, 7) is 0. The van der Waals surface area contributed by atoms with Crippen LogP contribution in [-0.4, -0.2) is 29.4 Å². The molecule has 2 aromatic carbocycles. The van der Waals surface area contributed by atoms with Crippen molar-refractivity contribution in [3.63, 3.8) is 0 Å². The van der Waals surface area contributed by atoms with E-state index in [1.165, 1.54) is 11.8 Å². The van der Waals surface area contributed by atoms with Gasteiger partial charge in [0.05, 0.1) is 0 Å². The average Bonchev–Trinajstić information content (AvgIpc) is 3.03. The number of hydrogen-bond donors (Lipinski definition) is 2. The lowest BCUT2D eigenvalue weighted by molar-refractivity contribution is -0.115. The summed E-state index contributed by atoms with van der Waals surface area (Å²) in [7, 11) is -4.67. The van der Waals surface area contributed by atoms with E-state index in [0.29, 0.717) is 16.3 Å². The van der Waals surface area contributed by atoms with E-state index in [9.17, 15) is 17.8 Å². The van der Waals surface area contributed by atoms with Crippen LogP contribution in [0.1, 0.15) is 0 Å². The summed E-state index contributed by atoms with van der Waals surface area (Å²) in [6.07, 6.45) is 5.31. The number of carbonyl (C=O) groups is 1. The molecule has 28 heavy (non-hydrogen) atoms. The van der Waals surface area contributed by atoms with Gasteiger partial charge in [0.1, 0.15) is 0 Å². The molecule has 0 aromatic heterocycles. The Bertz CT molecular complexity index is 1150. The molecule has 4 rings (SSSR count). The fraction of sp³-hybridized carbons (Fsp3) is 0.150. The van der Waals surface area contributed by atoms with Crippen LogP contribution in [0, 0.1) is 5.92 Å². The van der Waals surface area contributed by atoms with Crippen LogP contribution in [0.4, 0.5) is 5.69 Å². The molecule has 0 saturated carbocycles. The highest BCUT2D eigenvalue weighted by Gasteiger charge is 2.43. The Labute approximate surface area is 171 Å². The Hall–Kier alpha value is -2.06. The van der Waals surface area contributed by atoms with Crippen LogP contribution in [0.5, 0.6) is 0 Å². The molecule has 0 fully saturated rings. The van der Waals surface area contributed by atoms with Crippen molar-refractivity contribution in [1.29, 1.82) is 0 Å². The van der Waals surface area contributed by atoms with Gasteiger partial charge in [-0.2, -0.15) is 8.42 Å². The summed E-state index contributed by atoms with van der Waals surface area (Å²) in [4.78, 5) is 12.9. The second kappa shape index (κ2) is 7.40. The Balaban J connectivity index is 1.64. The molecule has 3 atom stereocenters. The first-order valence-corrected chi connectivity index (χ1v) is 11.3. The molecule has 0 spiro atoms. The SMILES string of the molecule is O=C(Nc1ccc2ccccc2c1)C(C1=CSC2C=CC(Cl)=CC12)S(=O)(=O)O. The monoisotopic (exact) mass is 433 g/mol. The summed E-state index contributed by atoms with van der Waals surface area (Å²) in [5.41, 5.74) is 0.774. The van der Waals surface area contributed by atoms with Gasteiger partial charge in [0.2, 0.25) is 5.91 Å². The number of benzene rings is 2. The summed E-state index contributed by atoms with van der Waals surface area (Å²) >= 11 is 7.46. The van der Waals surface area contributed by atoms with Crippen LogP contribution in [0.2, 0.25) is 0 Å². The molecule has 144 valence electrons. The Kier molecular flexibility index (Phi) is 5.09. The molecule has 0 radical (unpaired) electrons. The number of nitrogens with one attached hydrogen (secondary N) is 1. The lowest BCUT2D eigenvalue weighted by Crippen LogP contribution is -2.38. The molecule has 1 aliphatic heterocycles. The lowest BCUT2D eigenvalue weighted by atomic mass is 9.90. The molecule has 1 heterocycles. The van der Waals surface area contributed by atoms with E-state index in [2.05, 4.69) is 5.32 Å². The highest BCUT2D eigenvalue weighted by Crippen LogP contribution is 2.43. The molecule has 2 aliphatic rings. The first kappa shape index (κ1) is 19.3. The smallest absolute Gasteiger partial charge is 0.280 e. The van der Waals surface area contributed by atoms with Crippen molar-refractivity contribution in [3.05, 3.63) is 76.7 Å². The zero-order valence-electron chi connectivity index (χ0n) is 14.4. The molecule has 1 aliphatic carbocycles. The van der Waals surface area contributed by atoms with Crippen molar-refractivity contribution in [3.8, 4) is 0 Å². The van der Waals surface area contributed by atoms with E-state index >= 15 is 0 Å². The standard InChI is InChI=1S/C20H16ClNO4S2/c21-14-6-8-18-16(10-14)17(11-27-18)19(28(24,25)26)20(23)22-15-7-5-12-3-1-2-4-13(12)9-15/h1-11,16,18-19H,(H,22,23)(H,24,25,26). The quantitative estimate of drug-likeness (QED) is 0.700. The molecule has 0 bridgehead atoms. The number of anilines is 1. The van der Waals surface area contributed by atoms with E-state index in [-0.39, 0.29) is 11.2 Å². The molecule has 0 saturated heterocycles. The zero-order chi connectivity index (χ0) is 19.9. The van der Waals surface area contributed by atoms with E-state index in [1.807, 2.05) is 36.4 Å². The molecule has 3 unspecified atom stereocenters. The third-order valence-corrected chi connectivity index (χ3v) is 7.25. The van der Waals surface area contributed by atoms with Crippen molar-refractivity contribution in [1.82, 2.24) is 0 Å². The predicted octanol–water partition coefficient (Wildman–Crippen LogP) is 4.34. The van der Waals surface area contributed by atoms with Gasteiger partial charge in [-0.15, -0.1) is 11.8 Å². The second-order valence-electron chi connectivity index (χ2n) is 6.60. The number of hydrogen-bond acceptors (Lipinski definition) is 4. The van der Waals surface area contributed by atoms with Gasteiger partial charge in [-0.3, -0.25) is 9.35 Å². The van der Waals surface area contributed by atoms with Crippen molar-refractivity contribution < 1.29 is 17.8 Å². The maximum absolute atomic E-state index is 12.9. The van der Waals surface area contributed by atoms with Gasteiger partial charge in [0.15, 0.2) is 5.25 Å². The fourth-order valence-corrected chi connectivity index (χ4v) is 5.83. The van der Waals surface area contributed by atoms with E-state index in [4.69, 9.17) is 11.6 Å². The summed E-state index contributed by atoms with van der Waals surface area (Å²) in [5, 5.41) is 4.89. The highest BCUT2D eigenvalue weighted by atomic mass is 35.5. The Morgan fingerprint density at radius 3 is 2.68 bits per heavy atom. The predicted molar refractivity (Wildman–Crippen MR) is 114 cm³/mol. The minimum atomic E-state index is -4.67. The van der Waals surface area contributed by atoms with Crippen LogP contribution < -0.4 is 5.32 Å². The largest absolute Gasteiger partial charge is 0.325 e. The number of allylic oxidation sites excluding steroid dienone is 3. The third-order valence-electron chi connectivity index (χ3n) is 4.74. The maximum atomic E-state index is 12.9. The van der Waals surface area contributed by atoms with E-state index in [0.717, 1.165) is 10.8 Å². The van der Waals surface area contributed by atoms with E-state index in [1.54, 1.807) is 29.7 Å². The molecule has 2 N–H and O–H groups in total. The normalized spacial score (nSPS) is 22.4. The van der Waals surface area contributed by atoms with Crippen LogP contribution in [0.25, 0.3) is 10.8 Å². The molecular formula is C20H16ClNO4S2. The topological polar surface area (TPSA) is 83.5 Å². The van der Waals surface area contributed by atoms with Gasteiger partial charge in [0, 0.05) is 21.9 Å². The number of thioether (sulfide) groups is 1. The van der Waals surface area contributed by atoms with Crippen LogP contribution in [0.15, 0.2) is 76.7 Å². The van der Waals surface area contributed by atoms with Crippen molar-refractivity contribution >= 4 is 55.8 Å². The molecular weight excluding hydrogens is 418 g/mol. The first-order chi connectivity index (χ1) is 13.3. The van der Waals surface area contributed by atoms with Gasteiger partial charge < -0.3 is 5.32 Å². The van der Waals surface area contributed by atoms with Gasteiger partial charge in [-0.25, -0.2) is 0 Å². The average molecular weight is 434 g/mol. The van der Waals surface area contributed by atoms with E-state index < -0.39 is 21.3 Å². The molecule has 1 amide bonds. The van der Waals surface area contributed by atoms with Crippen molar-refractivity contribution in [2.75, 3.05) is 5.32 Å². The van der Waals surface area contributed by atoms with Crippen LogP contribution >= 0.6 is 23.4 Å². The first-order valence-electron chi connectivity index (χ1n) is 8.50. The number of fused-ring (bicyclic) bond motifs is 2. The number of rotatable bonds is 4. The minimum Gasteiger partial charge on any atom is -0.325 e. The molecule has 8 heteroatoms. The summed E-state index contributed by atoms with van der Waals surface area (Å²) in [5.74, 6) is -1.17.